The Bertz CT molecular complexity index is 294. The first-order chi connectivity index (χ1) is 8.63. The van der Waals surface area contributed by atoms with Crippen LogP contribution in [0.1, 0.15) is 39.5 Å². The van der Waals surface area contributed by atoms with Crippen LogP contribution in [0.3, 0.4) is 0 Å². The average molecular weight is 256 g/mol. The van der Waals surface area contributed by atoms with Gasteiger partial charge in [-0.1, -0.05) is 20.3 Å². The summed E-state index contributed by atoms with van der Waals surface area (Å²) in [5, 5.41) is 2.81. The van der Waals surface area contributed by atoms with E-state index in [1.165, 1.54) is 0 Å². The van der Waals surface area contributed by atoms with Crippen molar-refractivity contribution in [3.05, 3.63) is 0 Å². The van der Waals surface area contributed by atoms with E-state index in [1.54, 1.807) is 7.11 Å². The monoisotopic (exact) mass is 256 g/mol. The molecule has 1 rings (SSSR count). The normalized spacial score (nSPS) is 22.6. The molecule has 1 heterocycles. The second-order valence-corrected chi connectivity index (χ2v) is 4.71. The highest BCUT2D eigenvalue weighted by atomic mass is 16.5. The molecule has 5 heteroatoms. The maximum atomic E-state index is 12.4. The summed E-state index contributed by atoms with van der Waals surface area (Å²) in [5.74, 6) is 0.00294. The molecule has 0 saturated carbocycles. The van der Waals surface area contributed by atoms with Gasteiger partial charge in [-0.3, -0.25) is 9.59 Å². The van der Waals surface area contributed by atoms with E-state index in [2.05, 4.69) is 5.32 Å². The molecule has 0 aromatic rings. The molecule has 1 aliphatic heterocycles. The third-order valence-electron chi connectivity index (χ3n) is 3.34. The minimum atomic E-state index is -0.365. The van der Waals surface area contributed by atoms with Gasteiger partial charge in [0.25, 0.3) is 0 Å². The van der Waals surface area contributed by atoms with Crippen molar-refractivity contribution in [3.63, 3.8) is 0 Å². The Hall–Kier alpha value is -1.10. The van der Waals surface area contributed by atoms with Gasteiger partial charge in [-0.05, 0) is 12.8 Å². The van der Waals surface area contributed by atoms with Gasteiger partial charge >= 0.3 is 0 Å². The van der Waals surface area contributed by atoms with Crippen molar-refractivity contribution < 1.29 is 14.3 Å². The lowest BCUT2D eigenvalue weighted by molar-refractivity contribution is -0.136. The molecule has 104 valence electrons. The minimum absolute atomic E-state index is 0.0310. The zero-order chi connectivity index (χ0) is 13.5. The van der Waals surface area contributed by atoms with Crippen molar-refractivity contribution in [2.75, 3.05) is 20.3 Å². The molecule has 0 aromatic heterocycles. The van der Waals surface area contributed by atoms with Crippen LogP contribution in [0.4, 0.5) is 0 Å². The number of carbonyl (C=O) groups is 2. The molecular formula is C13H24N2O3. The van der Waals surface area contributed by atoms with Gasteiger partial charge in [-0.2, -0.15) is 0 Å². The number of carbonyl (C=O) groups excluding carboxylic acids is 2. The summed E-state index contributed by atoms with van der Waals surface area (Å²) in [6.07, 6.45) is 2.80. The Balaban J connectivity index is 2.81. The van der Waals surface area contributed by atoms with Crippen LogP contribution in [-0.4, -0.2) is 49.1 Å². The molecule has 1 N–H and O–H groups in total. The number of hydrogen-bond donors (Lipinski definition) is 1. The van der Waals surface area contributed by atoms with Crippen molar-refractivity contribution in [2.45, 2.75) is 51.6 Å². The van der Waals surface area contributed by atoms with E-state index in [1.807, 2.05) is 18.7 Å². The van der Waals surface area contributed by atoms with Gasteiger partial charge in [0, 0.05) is 20.1 Å². The van der Waals surface area contributed by atoms with Gasteiger partial charge in [0.05, 0.1) is 12.6 Å². The van der Waals surface area contributed by atoms with Gasteiger partial charge in [-0.15, -0.1) is 0 Å². The average Bonchev–Trinajstić information content (AvgIpc) is 2.48. The van der Waals surface area contributed by atoms with Gasteiger partial charge in [0.2, 0.25) is 11.8 Å². The van der Waals surface area contributed by atoms with E-state index in [9.17, 15) is 9.59 Å². The maximum Gasteiger partial charge on any atom is 0.245 e. The Labute approximate surface area is 109 Å². The molecule has 5 nitrogen and oxygen atoms in total. The molecular weight excluding hydrogens is 232 g/mol. The van der Waals surface area contributed by atoms with Crippen molar-refractivity contribution in [3.8, 4) is 0 Å². The molecule has 1 saturated heterocycles. The Morgan fingerprint density at radius 1 is 1.44 bits per heavy atom. The minimum Gasteiger partial charge on any atom is -0.383 e. The predicted molar refractivity (Wildman–Crippen MR) is 69.1 cm³/mol. The predicted octanol–water partition coefficient (Wildman–Crippen LogP) is 0.929. The Morgan fingerprint density at radius 2 is 2.17 bits per heavy atom. The van der Waals surface area contributed by atoms with E-state index >= 15 is 0 Å². The molecule has 1 aliphatic rings. The van der Waals surface area contributed by atoms with Crippen molar-refractivity contribution in [1.82, 2.24) is 10.2 Å². The number of rotatable bonds is 6. The number of methoxy groups -OCH3 is 1. The highest BCUT2D eigenvalue weighted by molar-refractivity contribution is 5.90. The molecule has 2 unspecified atom stereocenters. The van der Waals surface area contributed by atoms with Crippen molar-refractivity contribution in [1.29, 1.82) is 0 Å². The van der Waals surface area contributed by atoms with E-state index in [0.29, 0.717) is 26.0 Å². The first-order valence-electron chi connectivity index (χ1n) is 6.72. The smallest absolute Gasteiger partial charge is 0.245 e. The zero-order valence-electron chi connectivity index (χ0n) is 11.6. The highest BCUT2D eigenvalue weighted by Gasteiger charge is 2.32. The fourth-order valence-electron chi connectivity index (χ4n) is 2.33. The highest BCUT2D eigenvalue weighted by Crippen LogP contribution is 2.14. The third-order valence-corrected chi connectivity index (χ3v) is 3.34. The van der Waals surface area contributed by atoms with Crippen LogP contribution in [0.25, 0.3) is 0 Å². The van der Waals surface area contributed by atoms with Crippen LogP contribution in [0, 0.1) is 0 Å². The Kier molecular flexibility index (Phi) is 6.12. The third kappa shape index (κ3) is 3.70. The maximum absolute atomic E-state index is 12.4. The topological polar surface area (TPSA) is 58.6 Å². The summed E-state index contributed by atoms with van der Waals surface area (Å²) in [6.45, 7) is 5.06. The van der Waals surface area contributed by atoms with Crippen molar-refractivity contribution >= 4 is 11.8 Å². The summed E-state index contributed by atoms with van der Waals surface area (Å²) in [7, 11) is 1.64. The largest absolute Gasteiger partial charge is 0.383 e. The summed E-state index contributed by atoms with van der Waals surface area (Å²) in [6, 6.07) is -0.300. The van der Waals surface area contributed by atoms with E-state index in [4.69, 9.17) is 4.74 Å². The summed E-state index contributed by atoms with van der Waals surface area (Å²) in [5.41, 5.74) is 0. The summed E-state index contributed by atoms with van der Waals surface area (Å²) < 4.78 is 5.16. The lowest BCUT2D eigenvalue weighted by atomic mass is 10.1. The van der Waals surface area contributed by atoms with Crippen LogP contribution in [0.15, 0.2) is 0 Å². The zero-order valence-corrected chi connectivity index (χ0v) is 11.6. The number of nitrogens with zero attached hydrogens (tertiary/aromatic N) is 1. The molecule has 1 fully saturated rings. The molecule has 0 spiro atoms. The van der Waals surface area contributed by atoms with Crippen molar-refractivity contribution in [2.24, 2.45) is 0 Å². The molecule has 18 heavy (non-hydrogen) atoms. The molecule has 0 aliphatic carbocycles. The van der Waals surface area contributed by atoms with Crippen LogP contribution >= 0.6 is 0 Å². The van der Waals surface area contributed by atoms with Gasteiger partial charge in [0.1, 0.15) is 6.04 Å². The fraction of sp³-hybridized carbons (Fsp3) is 0.846. The summed E-state index contributed by atoms with van der Waals surface area (Å²) >= 11 is 0. The van der Waals surface area contributed by atoms with Crippen LogP contribution in [0.5, 0.6) is 0 Å². The lowest BCUT2D eigenvalue weighted by Crippen LogP contribution is -2.49. The van der Waals surface area contributed by atoms with Gasteiger partial charge in [-0.25, -0.2) is 0 Å². The van der Waals surface area contributed by atoms with E-state index in [0.717, 1.165) is 12.8 Å². The first kappa shape index (κ1) is 15.0. The van der Waals surface area contributed by atoms with Crippen LogP contribution in [0.2, 0.25) is 0 Å². The number of nitrogens with one attached hydrogen (secondary N) is 1. The van der Waals surface area contributed by atoms with Crippen LogP contribution in [-0.2, 0) is 14.3 Å². The lowest BCUT2D eigenvalue weighted by Gasteiger charge is -2.31. The second-order valence-electron chi connectivity index (χ2n) is 4.71. The fourth-order valence-corrected chi connectivity index (χ4v) is 2.33. The standard InChI is InChI=1S/C13H24N2O3/c1-4-6-11-13(17)15(8-7-12(16)14-11)10(5-2)9-18-3/h10-11H,4-9H2,1-3H3,(H,14,16). The first-order valence-corrected chi connectivity index (χ1v) is 6.72. The SMILES string of the molecule is CCCC1NC(=O)CCN(C(CC)COC)C1=O. The number of ether oxygens (including phenoxy) is 1. The number of amides is 2. The van der Waals surface area contributed by atoms with E-state index in [-0.39, 0.29) is 23.9 Å². The van der Waals surface area contributed by atoms with Crippen LogP contribution < -0.4 is 5.32 Å². The molecule has 0 radical (unpaired) electrons. The second kappa shape index (κ2) is 7.36. The number of hydrogen-bond acceptors (Lipinski definition) is 3. The molecule has 2 atom stereocenters. The Morgan fingerprint density at radius 3 is 2.72 bits per heavy atom. The summed E-state index contributed by atoms with van der Waals surface area (Å²) in [4.78, 5) is 25.8. The van der Waals surface area contributed by atoms with Gasteiger partial charge in [0.15, 0.2) is 0 Å². The molecule has 0 aromatic carbocycles. The van der Waals surface area contributed by atoms with E-state index < -0.39 is 0 Å². The molecule has 2 amide bonds. The van der Waals surface area contributed by atoms with Gasteiger partial charge < -0.3 is 15.0 Å². The quantitative estimate of drug-likeness (QED) is 0.769. The molecule has 0 bridgehead atoms.